The van der Waals surface area contributed by atoms with Crippen LogP contribution in [0.1, 0.15) is 19.3 Å². The first-order chi connectivity index (χ1) is 6.72. The maximum Gasteiger partial charge on any atom is 0.0102 e. The molecule has 1 nitrogen and oxygen atoms in total. The summed E-state index contributed by atoms with van der Waals surface area (Å²) in [6, 6.07) is 0.264. The van der Waals surface area contributed by atoms with Gasteiger partial charge < -0.3 is 5.73 Å². The molecule has 4 atom stereocenters. The third kappa shape index (κ3) is 2.36. The second kappa shape index (κ2) is 5.16. The first-order valence-electron chi connectivity index (χ1n) is 5.36. The van der Waals surface area contributed by atoms with Gasteiger partial charge in [-0.2, -0.15) is 0 Å². The van der Waals surface area contributed by atoms with Gasteiger partial charge in [-0.1, -0.05) is 18.2 Å². The van der Waals surface area contributed by atoms with E-state index in [9.17, 15) is 0 Å². The van der Waals surface area contributed by atoms with Gasteiger partial charge >= 0.3 is 0 Å². The van der Waals surface area contributed by atoms with Crippen LogP contribution >= 0.6 is 0 Å². The molecule has 2 N–H and O–H groups in total. The molecular weight excluding hydrogens is 170 g/mol. The van der Waals surface area contributed by atoms with Crippen molar-refractivity contribution in [3.63, 3.8) is 0 Å². The average Bonchev–Trinajstić information content (AvgIpc) is 2.37. The zero-order chi connectivity index (χ0) is 10.6. The number of hydrogen-bond donors (Lipinski definition) is 1. The quantitative estimate of drug-likeness (QED) is 0.538. The molecule has 0 aromatic rings. The number of rotatable bonds is 3. The summed E-state index contributed by atoms with van der Waals surface area (Å²) in [4.78, 5) is 0. The highest BCUT2D eigenvalue weighted by molar-refractivity contribution is 5.01. The van der Waals surface area contributed by atoms with Crippen LogP contribution < -0.4 is 5.73 Å². The van der Waals surface area contributed by atoms with Crippen LogP contribution in [0.3, 0.4) is 0 Å². The highest BCUT2D eigenvalue weighted by Gasteiger charge is 2.27. The van der Waals surface area contributed by atoms with Gasteiger partial charge in [0.15, 0.2) is 0 Å². The van der Waals surface area contributed by atoms with Crippen molar-refractivity contribution in [3.05, 3.63) is 38.0 Å². The van der Waals surface area contributed by atoms with Crippen LogP contribution in [0, 0.1) is 17.8 Å². The van der Waals surface area contributed by atoms with E-state index < -0.39 is 0 Å². The summed E-state index contributed by atoms with van der Waals surface area (Å²) < 4.78 is 0. The molecule has 1 rings (SSSR count). The largest absolute Gasteiger partial charge is 0.327 e. The molecular formula is C13H21N. The number of hydrogen-bond acceptors (Lipinski definition) is 1. The first kappa shape index (κ1) is 11.3. The van der Waals surface area contributed by atoms with E-state index in [4.69, 9.17) is 5.73 Å². The lowest BCUT2D eigenvalue weighted by Gasteiger charge is -2.20. The highest BCUT2D eigenvalue weighted by Crippen LogP contribution is 2.33. The Bertz CT molecular complexity index is 219. The maximum absolute atomic E-state index is 6.08. The van der Waals surface area contributed by atoms with Crippen molar-refractivity contribution < 1.29 is 0 Å². The summed E-state index contributed by atoms with van der Waals surface area (Å²) in [5, 5.41) is 0. The maximum atomic E-state index is 6.08. The summed E-state index contributed by atoms with van der Waals surface area (Å²) >= 11 is 0. The van der Waals surface area contributed by atoms with E-state index in [-0.39, 0.29) is 6.04 Å². The van der Waals surface area contributed by atoms with E-state index in [0.29, 0.717) is 17.8 Å². The Morgan fingerprint density at radius 3 is 1.93 bits per heavy atom. The van der Waals surface area contributed by atoms with Crippen molar-refractivity contribution in [2.24, 2.45) is 23.5 Å². The lowest BCUT2D eigenvalue weighted by atomic mass is 9.85. The van der Waals surface area contributed by atoms with E-state index in [1.54, 1.807) is 0 Å². The van der Waals surface area contributed by atoms with Gasteiger partial charge in [0, 0.05) is 6.04 Å². The van der Waals surface area contributed by atoms with Crippen molar-refractivity contribution >= 4 is 0 Å². The predicted molar refractivity (Wildman–Crippen MR) is 62.9 cm³/mol. The standard InChI is InChI=1S/C13H21N/c1-4-10-7-8-13(14)12(6-3)9-11(10)5-2/h4-6,10-13H,1-3,7-9,14H2. The molecule has 0 bridgehead atoms. The number of allylic oxidation sites excluding steroid dienone is 2. The molecule has 78 valence electrons. The first-order valence-corrected chi connectivity index (χ1v) is 5.36. The van der Waals surface area contributed by atoms with E-state index in [0.717, 1.165) is 19.3 Å². The second-order valence-electron chi connectivity index (χ2n) is 4.18. The Labute approximate surface area is 87.4 Å². The fourth-order valence-corrected chi connectivity index (χ4v) is 2.31. The van der Waals surface area contributed by atoms with Crippen LogP contribution in [0.25, 0.3) is 0 Å². The van der Waals surface area contributed by atoms with Crippen molar-refractivity contribution in [1.82, 2.24) is 0 Å². The van der Waals surface area contributed by atoms with Gasteiger partial charge in [-0.15, -0.1) is 19.7 Å². The summed E-state index contributed by atoms with van der Waals surface area (Å²) in [5.74, 6) is 1.50. The molecule has 1 aliphatic rings. The van der Waals surface area contributed by atoms with Gasteiger partial charge in [-0.05, 0) is 37.0 Å². The molecule has 0 heterocycles. The smallest absolute Gasteiger partial charge is 0.0102 e. The Kier molecular flexibility index (Phi) is 4.15. The fraction of sp³-hybridized carbons (Fsp3) is 0.538. The zero-order valence-corrected chi connectivity index (χ0v) is 8.86. The van der Waals surface area contributed by atoms with Crippen molar-refractivity contribution in [2.75, 3.05) is 0 Å². The molecule has 0 spiro atoms. The topological polar surface area (TPSA) is 26.0 Å². The second-order valence-corrected chi connectivity index (χ2v) is 4.18. The molecule has 1 saturated carbocycles. The minimum absolute atomic E-state index is 0.264. The summed E-state index contributed by atoms with van der Waals surface area (Å²) in [6.07, 6.45) is 9.35. The molecule has 0 aliphatic heterocycles. The van der Waals surface area contributed by atoms with Crippen molar-refractivity contribution in [2.45, 2.75) is 25.3 Å². The van der Waals surface area contributed by atoms with Gasteiger partial charge in [-0.25, -0.2) is 0 Å². The van der Waals surface area contributed by atoms with Gasteiger partial charge in [0.1, 0.15) is 0 Å². The van der Waals surface area contributed by atoms with Crippen LogP contribution in [-0.2, 0) is 0 Å². The molecule has 1 heteroatoms. The van der Waals surface area contributed by atoms with Crippen molar-refractivity contribution in [1.29, 1.82) is 0 Å². The minimum Gasteiger partial charge on any atom is -0.327 e. The van der Waals surface area contributed by atoms with E-state index in [1.165, 1.54) is 0 Å². The van der Waals surface area contributed by atoms with Crippen LogP contribution in [-0.4, -0.2) is 6.04 Å². The molecule has 0 amide bonds. The van der Waals surface area contributed by atoms with Crippen LogP contribution in [0.2, 0.25) is 0 Å². The molecule has 0 radical (unpaired) electrons. The molecule has 0 aromatic heterocycles. The molecule has 4 unspecified atom stereocenters. The Balaban J connectivity index is 2.76. The van der Waals surface area contributed by atoms with E-state index >= 15 is 0 Å². The Hall–Kier alpha value is -0.820. The molecule has 1 fully saturated rings. The molecule has 1 aliphatic carbocycles. The lowest BCUT2D eigenvalue weighted by molar-refractivity contribution is 0.416. The van der Waals surface area contributed by atoms with Crippen LogP contribution in [0.15, 0.2) is 38.0 Å². The van der Waals surface area contributed by atoms with E-state index in [2.05, 4.69) is 19.7 Å². The van der Waals surface area contributed by atoms with Crippen LogP contribution in [0.4, 0.5) is 0 Å². The lowest BCUT2D eigenvalue weighted by Crippen LogP contribution is -2.27. The molecule has 0 aromatic carbocycles. The van der Waals surface area contributed by atoms with E-state index in [1.807, 2.05) is 18.2 Å². The Morgan fingerprint density at radius 1 is 0.857 bits per heavy atom. The predicted octanol–water partition coefficient (Wildman–Crippen LogP) is 2.90. The third-order valence-corrected chi connectivity index (χ3v) is 3.39. The SMILES string of the molecule is C=CC1CC(C=C)C(C=C)CCC1N. The minimum atomic E-state index is 0.264. The van der Waals surface area contributed by atoms with Crippen LogP contribution in [0.5, 0.6) is 0 Å². The van der Waals surface area contributed by atoms with Gasteiger partial charge in [0.05, 0.1) is 0 Å². The highest BCUT2D eigenvalue weighted by atomic mass is 14.7. The number of nitrogens with two attached hydrogens (primary N) is 1. The normalized spacial score (nSPS) is 38.4. The molecule has 0 saturated heterocycles. The molecule has 14 heavy (non-hydrogen) atoms. The zero-order valence-electron chi connectivity index (χ0n) is 8.86. The van der Waals surface area contributed by atoms with Crippen molar-refractivity contribution in [3.8, 4) is 0 Å². The fourth-order valence-electron chi connectivity index (χ4n) is 2.31. The average molecular weight is 191 g/mol. The summed E-state index contributed by atoms with van der Waals surface area (Å²) in [7, 11) is 0. The third-order valence-electron chi connectivity index (χ3n) is 3.39. The summed E-state index contributed by atoms with van der Waals surface area (Å²) in [6.45, 7) is 11.6. The monoisotopic (exact) mass is 191 g/mol. The Morgan fingerprint density at radius 2 is 1.43 bits per heavy atom. The van der Waals surface area contributed by atoms with Gasteiger partial charge in [0.2, 0.25) is 0 Å². The van der Waals surface area contributed by atoms with Gasteiger partial charge in [-0.3, -0.25) is 0 Å². The van der Waals surface area contributed by atoms with Gasteiger partial charge in [0.25, 0.3) is 0 Å². The summed E-state index contributed by atoms with van der Waals surface area (Å²) in [5.41, 5.74) is 6.08.